The molecule has 1 atom stereocenters. The van der Waals surface area contributed by atoms with E-state index in [-0.39, 0.29) is 12.4 Å². The summed E-state index contributed by atoms with van der Waals surface area (Å²) >= 11 is 3.35. The minimum absolute atomic E-state index is 0.128. The normalized spacial score (nSPS) is 12.2. The summed E-state index contributed by atoms with van der Waals surface area (Å²) in [5, 5.41) is 9.68. The highest BCUT2D eigenvalue weighted by Crippen LogP contribution is 2.29. The van der Waals surface area contributed by atoms with Crippen LogP contribution in [0.4, 0.5) is 4.39 Å². The van der Waals surface area contributed by atoms with Crippen LogP contribution in [0, 0.1) is 5.82 Å². The summed E-state index contributed by atoms with van der Waals surface area (Å²) in [5.74, 6) is 0.253. The van der Waals surface area contributed by atoms with Gasteiger partial charge in [0.15, 0.2) is 0 Å². The quantitative estimate of drug-likeness (QED) is 0.912. The maximum atomic E-state index is 13.5. The number of hydrogen-bond acceptors (Lipinski definition) is 2. The van der Waals surface area contributed by atoms with E-state index in [0.29, 0.717) is 16.9 Å². The average Bonchev–Trinajstić information content (AvgIpc) is 2.37. The van der Waals surface area contributed by atoms with Crippen LogP contribution in [0.1, 0.15) is 24.2 Å². The fourth-order valence-electron chi connectivity index (χ4n) is 1.75. The zero-order chi connectivity index (χ0) is 13.8. The Hall–Kier alpha value is -1.39. The lowest BCUT2D eigenvalue weighted by Gasteiger charge is -2.14. The van der Waals surface area contributed by atoms with Gasteiger partial charge < -0.3 is 9.84 Å². The molecule has 19 heavy (non-hydrogen) atoms. The van der Waals surface area contributed by atoms with Crippen molar-refractivity contribution in [3.63, 3.8) is 0 Å². The molecule has 1 N–H and O–H groups in total. The molecule has 0 aliphatic carbocycles. The Labute approximate surface area is 120 Å². The average molecular weight is 325 g/mol. The van der Waals surface area contributed by atoms with Crippen molar-refractivity contribution in [2.24, 2.45) is 0 Å². The number of aliphatic hydroxyl groups excluding tert-OH is 1. The summed E-state index contributed by atoms with van der Waals surface area (Å²) < 4.78 is 20.0. The van der Waals surface area contributed by atoms with Crippen LogP contribution in [0.5, 0.6) is 5.75 Å². The number of hydrogen-bond donors (Lipinski definition) is 1. The first-order chi connectivity index (χ1) is 9.08. The number of halogens is 2. The van der Waals surface area contributed by atoms with Crippen LogP contribution in [0.2, 0.25) is 0 Å². The predicted molar refractivity (Wildman–Crippen MR) is 75.5 cm³/mol. The summed E-state index contributed by atoms with van der Waals surface area (Å²) in [6, 6.07) is 11.9. The zero-order valence-corrected chi connectivity index (χ0v) is 12.0. The fourth-order valence-corrected chi connectivity index (χ4v) is 2.09. The first kappa shape index (κ1) is 14.0. The Morgan fingerprint density at radius 2 is 2.00 bits per heavy atom. The second-order valence-electron chi connectivity index (χ2n) is 4.24. The van der Waals surface area contributed by atoms with Gasteiger partial charge in [-0.3, -0.25) is 0 Å². The van der Waals surface area contributed by atoms with Crippen LogP contribution in [-0.2, 0) is 6.61 Å². The van der Waals surface area contributed by atoms with E-state index in [9.17, 15) is 9.50 Å². The third-order valence-corrected chi connectivity index (χ3v) is 3.26. The minimum atomic E-state index is -0.635. The molecule has 100 valence electrons. The summed E-state index contributed by atoms with van der Waals surface area (Å²) in [7, 11) is 0. The van der Waals surface area contributed by atoms with Crippen LogP contribution in [0.3, 0.4) is 0 Å². The number of rotatable bonds is 4. The summed E-state index contributed by atoms with van der Waals surface area (Å²) in [5.41, 5.74) is 1.17. The Morgan fingerprint density at radius 3 is 2.68 bits per heavy atom. The Bertz CT molecular complexity index is 570. The van der Waals surface area contributed by atoms with E-state index in [1.54, 1.807) is 37.3 Å². The summed E-state index contributed by atoms with van der Waals surface area (Å²) in [6.45, 7) is 1.79. The largest absolute Gasteiger partial charge is 0.488 e. The Morgan fingerprint density at radius 1 is 1.26 bits per heavy atom. The number of aliphatic hydroxyl groups is 1. The summed E-state index contributed by atoms with van der Waals surface area (Å²) in [4.78, 5) is 0. The van der Waals surface area contributed by atoms with Gasteiger partial charge in [-0.1, -0.05) is 40.2 Å². The molecule has 2 aromatic carbocycles. The molecule has 0 saturated carbocycles. The molecule has 0 aliphatic heterocycles. The first-order valence-corrected chi connectivity index (χ1v) is 6.71. The van der Waals surface area contributed by atoms with Crippen LogP contribution < -0.4 is 4.74 Å². The van der Waals surface area contributed by atoms with Crippen molar-refractivity contribution in [1.82, 2.24) is 0 Å². The minimum Gasteiger partial charge on any atom is -0.488 e. The van der Waals surface area contributed by atoms with E-state index in [2.05, 4.69) is 15.9 Å². The first-order valence-electron chi connectivity index (χ1n) is 5.91. The van der Waals surface area contributed by atoms with Gasteiger partial charge in [0.25, 0.3) is 0 Å². The van der Waals surface area contributed by atoms with E-state index >= 15 is 0 Å². The lowest BCUT2D eigenvalue weighted by molar-refractivity contribution is 0.190. The Kier molecular flexibility index (Phi) is 4.56. The molecule has 0 unspecified atom stereocenters. The number of ether oxygens (including phenoxy) is 1. The molecule has 0 heterocycles. The molecule has 2 aromatic rings. The van der Waals surface area contributed by atoms with Gasteiger partial charge in [0.05, 0.1) is 6.10 Å². The van der Waals surface area contributed by atoms with Gasteiger partial charge in [0, 0.05) is 15.6 Å². The van der Waals surface area contributed by atoms with Crippen molar-refractivity contribution in [2.75, 3.05) is 0 Å². The third kappa shape index (κ3) is 3.55. The lowest BCUT2D eigenvalue weighted by atomic mass is 10.1. The van der Waals surface area contributed by atoms with Gasteiger partial charge in [-0.2, -0.15) is 0 Å². The molecular formula is C15H14BrFO2. The highest BCUT2D eigenvalue weighted by molar-refractivity contribution is 9.10. The van der Waals surface area contributed by atoms with Crippen LogP contribution in [0.25, 0.3) is 0 Å². The molecule has 2 nitrogen and oxygen atoms in total. The smallest absolute Gasteiger partial charge is 0.129 e. The number of benzene rings is 2. The van der Waals surface area contributed by atoms with E-state index in [1.807, 2.05) is 6.07 Å². The van der Waals surface area contributed by atoms with Gasteiger partial charge in [-0.25, -0.2) is 4.39 Å². The SMILES string of the molecule is C[C@@H](O)c1ccc(Br)cc1OCc1ccccc1F. The van der Waals surface area contributed by atoms with Crippen molar-refractivity contribution in [3.8, 4) is 5.75 Å². The van der Waals surface area contributed by atoms with E-state index in [4.69, 9.17) is 4.74 Å². The zero-order valence-electron chi connectivity index (χ0n) is 10.4. The van der Waals surface area contributed by atoms with Crippen molar-refractivity contribution < 1.29 is 14.2 Å². The molecule has 4 heteroatoms. The van der Waals surface area contributed by atoms with Crippen molar-refractivity contribution in [1.29, 1.82) is 0 Å². The lowest BCUT2D eigenvalue weighted by Crippen LogP contribution is -2.02. The van der Waals surface area contributed by atoms with Crippen molar-refractivity contribution in [2.45, 2.75) is 19.6 Å². The summed E-state index contributed by atoms with van der Waals surface area (Å²) in [6.07, 6.45) is -0.635. The third-order valence-electron chi connectivity index (χ3n) is 2.77. The second-order valence-corrected chi connectivity index (χ2v) is 5.15. The van der Waals surface area contributed by atoms with Gasteiger partial charge in [0.1, 0.15) is 18.2 Å². The monoisotopic (exact) mass is 324 g/mol. The molecule has 2 rings (SSSR count). The Balaban J connectivity index is 2.19. The molecule has 0 saturated heterocycles. The highest BCUT2D eigenvalue weighted by atomic mass is 79.9. The van der Waals surface area contributed by atoms with Gasteiger partial charge >= 0.3 is 0 Å². The van der Waals surface area contributed by atoms with Crippen molar-refractivity contribution >= 4 is 15.9 Å². The molecule has 0 bridgehead atoms. The fraction of sp³-hybridized carbons (Fsp3) is 0.200. The van der Waals surface area contributed by atoms with Crippen LogP contribution in [-0.4, -0.2) is 5.11 Å². The highest BCUT2D eigenvalue weighted by Gasteiger charge is 2.10. The standard InChI is InChI=1S/C15H14BrFO2/c1-10(18)13-7-6-12(16)8-15(13)19-9-11-4-2-3-5-14(11)17/h2-8,10,18H,9H2,1H3/t10-/m1/s1. The van der Waals surface area contributed by atoms with E-state index in [0.717, 1.165) is 4.47 Å². The van der Waals surface area contributed by atoms with Gasteiger partial charge in [-0.05, 0) is 25.1 Å². The van der Waals surface area contributed by atoms with Gasteiger partial charge in [-0.15, -0.1) is 0 Å². The molecule has 0 fully saturated rings. The van der Waals surface area contributed by atoms with E-state index in [1.165, 1.54) is 6.07 Å². The predicted octanol–water partition coefficient (Wildman–Crippen LogP) is 4.22. The van der Waals surface area contributed by atoms with Crippen LogP contribution in [0.15, 0.2) is 46.9 Å². The van der Waals surface area contributed by atoms with Crippen LogP contribution >= 0.6 is 15.9 Å². The maximum absolute atomic E-state index is 13.5. The van der Waals surface area contributed by atoms with E-state index < -0.39 is 6.10 Å². The van der Waals surface area contributed by atoms with Crippen molar-refractivity contribution in [3.05, 3.63) is 63.9 Å². The molecule has 0 spiro atoms. The van der Waals surface area contributed by atoms with Gasteiger partial charge in [0.2, 0.25) is 0 Å². The molecular weight excluding hydrogens is 311 g/mol. The molecule has 0 amide bonds. The topological polar surface area (TPSA) is 29.5 Å². The molecule has 0 aliphatic rings. The second kappa shape index (κ2) is 6.17. The molecule has 0 aromatic heterocycles. The molecule has 0 radical (unpaired) electrons. The maximum Gasteiger partial charge on any atom is 0.129 e.